The van der Waals surface area contributed by atoms with Crippen LogP contribution in [0.3, 0.4) is 0 Å². The number of nitrogens with two attached hydrogens (primary N) is 2. The molecule has 0 bridgehead atoms. The number of allylic oxidation sites excluding steroid dienone is 1. The number of aryl methyl sites for hydroxylation is 1. The summed E-state index contributed by atoms with van der Waals surface area (Å²) >= 11 is 1.42. The number of aliphatic imine (C=N–C) groups is 1. The third kappa shape index (κ3) is 7.91. The molecule has 0 unspecified atom stereocenters. The Morgan fingerprint density at radius 2 is 2.05 bits per heavy atom. The summed E-state index contributed by atoms with van der Waals surface area (Å²) in [6.45, 7) is 8.77. The normalized spacial score (nSPS) is 13.1. The van der Waals surface area contributed by atoms with E-state index in [1.165, 1.54) is 23.8 Å². The largest absolute Gasteiger partial charge is 0.403 e. The quantitative estimate of drug-likeness (QED) is 0.254. The van der Waals surface area contributed by atoms with Gasteiger partial charge in [-0.05, 0) is 30.2 Å². The SMILES string of the molecule is Cc1cc(-c2ccnc(NC(C=NC[C@H](N)CO)=CN)n2)ccc1CNC(=O)c1cnc(C(C)(C)C)s1. The van der Waals surface area contributed by atoms with Crippen molar-refractivity contribution in [2.24, 2.45) is 16.5 Å². The van der Waals surface area contributed by atoms with Crippen LogP contribution < -0.4 is 22.1 Å². The molecule has 10 nitrogen and oxygen atoms in total. The fraction of sp³-hybridized carbons (Fsp3) is 0.346. The smallest absolute Gasteiger partial charge is 0.263 e. The third-order valence-electron chi connectivity index (χ3n) is 5.34. The van der Waals surface area contributed by atoms with Crippen molar-refractivity contribution in [1.82, 2.24) is 20.3 Å². The van der Waals surface area contributed by atoms with E-state index in [-0.39, 0.29) is 24.5 Å². The Hall–Kier alpha value is -3.67. The number of aromatic nitrogens is 3. The van der Waals surface area contributed by atoms with Gasteiger partial charge < -0.3 is 27.2 Å². The first-order chi connectivity index (χ1) is 17.6. The molecule has 0 fully saturated rings. The zero-order valence-corrected chi connectivity index (χ0v) is 22.3. The monoisotopic (exact) mass is 522 g/mol. The molecule has 7 N–H and O–H groups in total. The van der Waals surface area contributed by atoms with Gasteiger partial charge in [0.05, 0.1) is 35.7 Å². The van der Waals surface area contributed by atoms with E-state index in [1.54, 1.807) is 12.4 Å². The number of anilines is 1. The molecule has 1 atom stereocenters. The molecule has 37 heavy (non-hydrogen) atoms. The summed E-state index contributed by atoms with van der Waals surface area (Å²) in [7, 11) is 0. The molecule has 3 aromatic rings. The molecule has 0 saturated carbocycles. The van der Waals surface area contributed by atoms with Crippen LogP contribution in [0.2, 0.25) is 0 Å². The van der Waals surface area contributed by atoms with Crippen LogP contribution in [0, 0.1) is 6.92 Å². The van der Waals surface area contributed by atoms with Crippen LogP contribution in [-0.2, 0) is 12.0 Å². The zero-order chi connectivity index (χ0) is 27.0. The number of rotatable bonds is 10. The molecule has 1 aromatic carbocycles. The van der Waals surface area contributed by atoms with Gasteiger partial charge in [0.1, 0.15) is 4.88 Å². The lowest BCUT2D eigenvalue weighted by Crippen LogP contribution is -2.27. The zero-order valence-electron chi connectivity index (χ0n) is 21.5. The minimum Gasteiger partial charge on any atom is -0.403 e. The molecule has 3 rings (SSSR count). The number of nitrogens with one attached hydrogen (secondary N) is 2. The highest BCUT2D eigenvalue weighted by Gasteiger charge is 2.20. The van der Waals surface area contributed by atoms with Crippen LogP contribution in [0.4, 0.5) is 5.95 Å². The van der Waals surface area contributed by atoms with Gasteiger partial charge >= 0.3 is 0 Å². The molecule has 0 aliphatic heterocycles. The van der Waals surface area contributed by atoms with Crippen molar-refractivity contribution >= 4 is 29.4 Å². The third-order valence-corrected chi connectivity index (χ3v) is 6.77. The maximum Gasteiger partial charge on any atom is 0.263 e. The molecule has 1 amide bonds. The molecule has 0 aliphatic rings. The van der Waals surface area contributed by atoms with Crippen molar-refractivity contribution < 1.29 is 9.90 Å². The summed E-state index contributed by atoms with van der Waals surface area (Å²) in [5.74, 6) is 0.230. The van der Waals surface area contributed by atoms with Crippen molar-refractivity contribution in [3.63, 3.8) is 0 Å². The van der Waals surface area contributed by atoms with Crippen LogP contribution in [0.15, 0.2) is 53.5 Å². The molecule has 0 spiro atoms. The minimum absolute atomic E-state index is 0.0871. The Kier molecular flexibility index (Phi) is 9.45. The van der Waals surface area contributed by atoms with E-state index in [2.05, 4.69) is 51.3 Å². The fourth-order valence-corrected chi connectivity index (χ4v) is 4.10. The number of carbonyl (C=O) groups excluding carboxylic acids is 1. The molecule has 11 heteroatoms. The lowest BCUT2D eigenvalue weighted by molar-refractivity contribution is 0.0954. The van der Waals surface area contributed by atoms with Crippen molar-refractivity contribution in [1.29, 1.82) is 0 Å². The molecule has 0 radical (unpaired) electrons. The molecule has 0 saturated heterocycles. The fourth-order valence-electron chi connectivity index (χ4n) is 3.21. The van der Waals surface area contributed by atoms with E-state index in [9.17, 15) is 4.79 Å². The summed E-state index contributed by atoms with van der Waals surface area (Å²) in [4.78, 5) is 30.6. The van der Waals surface area contributed by atoms with Crippen LogP contribution in [0.1, 0.15) is 46.6 Å². The minimum atomic E-state index is -0.427. The van der Waals surface area contributed by atoms with Gasteiger partial charge in [-0.2, -0.15) is 0 Å². The number of thiazole rings is 1. The van der Waals surface area contributed by atoms with Gasteiger partial charge in [-0.25, -0.2) is 15.0 Å². The average molecular weight is 523 g/mol. The Bertz CT molecular complexity index is 1280. The summed E-state index contributed by atoms with van der Waals surface area (Å²) in [6, 6.07) is 7.36. The summed E-state index contributed by atoms with van der Waals surface area (Å²) in [5, 5.41) is 15.9. The van der Waals surface area contributed by atoms with Gasteiger partial charge in [0.25, 0.3) is 5.91 Å². The Morgan fingerprint density at radius 3 is 2.70 bits per heavy atom. The predicted octanol–water partition coefficient (Wildman–Crippen LogP) is 2.74. The van der Waals surface area contributed by atoms with Gasteiger partial charge in [-0.15, -0.1) is 11.3 Å². The van der Waals surface area contributed by atoms with E-state index in [0.717, 1.165) is 27.4 Å². The van der Waals surface area contributed by atoms with Gasteiger partial charge in [0.15, 0.2) is 0 Å². The number of amides is 1. The topological polar surface area (TPSA) is 164 Å². The van der Waals surface area contributed by atoms with Gasteiger partial charge in [0.2, 0.25) is 5.95 Å². The second-order valence-corrected chi connectivity index (χ2v) is 10.6. The maximum absolute atomic E-state index is 12.6. The van der Waals surface area contributed by atoms with E-state index in [1.807, 2.05) is 31.2 Å². The molecule has 0 aliphatic carbocycles. The van der Waals surface area contributed by atoms with Crippen LogP contribution >= 0.6 is 11.3 Å². The first-order valence-electron chi connectivity index (χ1n) is 11.8. The number of hydrogen-bond donors (Lipinski definition) is 5. The molecule has 196 valence electrons. The first kappa shape index (κ1) is 27.9. The molecular weight excluding hydrogens is 488 g/mol. The van der Waals surface area contributed by atoms with E-state index in [4.69, 9.17) is 16.6 Å². The van der Waals surface area contributed by atoms with Crippen LogP contribution in [0.5, 0.6) is 0 Å². The van der Waals surface area contributed by atoms with Crippen molar-refractivity contribution in [2.75, 3.05) is 18.5 Å². The van der Waals surface area contributed by atoms with Crippen LogP contribution in [0.25, 0.3) is 11.3 Å². The van der Waals surface area contributed by atoms with Crippen molar-refractivity contribution in [3.05, 3.63) is 69.6 Å². The number of nitrogens with zero attached hydrogens (tertiary/aromatic N) is 4. The Morgan fingerprint density at radius 1 is 1.27 bits per heavy atom. The maximum atomic E-state index is 12.6. The summed E-state index contributed by atoms with van der Waals surface area (Å²) < 4.78 is 0. The number of aliphatic hydroxyl groups is 1. The second-order valence-electron chi connectivity index (χ2n) is 9.55. The highest BCUT2D eigenvalue weighted by Crippen LogP contribution is 2.27. The molecular formula is C26H34N8O2S. The lowest BCUT2D eigenvalue weighted by Gasteiger charge is -2.13. The molecule has 2 heterocycles. The average Bonchev–Trinajstić information content (AvgIpc) is 3.38. The molecule has 2 aromatic heterocycles. The summed E-state index contributed by atoms with van der Waals surface area (Å²) in [6.07, 6.45) is 6.17. The predicted molar refractivity (Wildman–Crippen MR) is 149 cm³/mol. The Labute approximate surface area is 221 Å². The second kappa shape index (κ2) is 12.5. The van der Waals surface area contributed by atoms with Crippen molar-refractivity contribution in [3.8, 4) is 11.3 Å². The van der Waals surface area contributed by atoms with E-state index >= 15 is 0 Å². The number of carbonyl (C=O) groups is 1. The number of hydrogen-bond acceptors (Lipinski definition) is 10. The number of aliphatic hydroxyl groups excluding tert-OH is 1. The number of benzene rings is 1. The van der Waals surface area contributed by atoms with Gasteiger partial charge in [-0.3, -0.25) is 9.79 Å². The standard InChI is InChI=1S/C26H34N8O2S/c1-16-9-17(5-6-18(16)11-31-23(36)22-14-32-24(37-22)26(2,3)4)21-7-8-30-25(34-21)33-20(10-27)13-29-12-19(28)15-35/h5-10,13-14,19,35H,11-12,15,27-28H2,1-4H3,(H,31,36)(H,30,33,34)/t19-/m0/s1. The summed E-state index contributed by atoms with van der Waals surface area (Å²) in [5.41, 5.74) is 15.4. The van der Waals surface area contributed by atoms with Crippen LogP contribution in [-0.4, -0.2) is 51.4 Å². The highest BCUT2D eigenvalue weighted by molar-refractivity contribution is 7.13. The first-order valence-corrected chi connectivity index (χ1v) is 12.6. The Balaban J connectivity index is 1.65. The van der Waals surface area contributed by atoms with E-state index in [0.29, 0.717) is 23.1 Å². The van der Waals surface area contributed by atoms with E-state index < -0.39 is 6.04 Å². The van der Waals surface area contributed by atoms with Crippen molar-refractivity contribution in [2.45, 2.75) is 45.7 Å². The lowest BCUT2D eigenvalue weighted by atomic mass is 9.98. The van der Waals surface area contributed by atoms with Gasteiger partial charge in [-0.1, -0.05) is 32.9 Å². The van der Waals surface area contributed by atoms with Gasteiger partial charge in [0, 0.05) is 42.2 Å². The highest BCUT2D eigenvalue weighted by atomic mass is 32.1.